The fraction of sp³-hybridized carbons (Fsp3) is 0.208. The Morgan fingerprint density at radius 2 is 1.66 bits per heavy atom. The first-order valence-corrected chi connectivity index (χ1v) is 11.8. The van der Waals surface area contributed by atoms with Crippen molar-refractivity contribution in [3.8, 4) is 0 Å². The zero-order valence-electron chi connectivity index (χ0n) is 17.8. The molecule has 0 saturated carbocycles. The van der Waals surface area contributed by atoms with Gasteiger partial charge in [0.15, 0.2) is 0 Å². The largest absolute Gasteiger partial charge is 0.351 e. The lowest BCUT2D eigenvalue weighted by molar-refractivity contribution is 0.0951. The standard InChI is InChI=1S/C24H24F2N2O3S/c1-17(19-6-4-3-5-7-19)15-27-24(29)20-10-8-18(9-11-20)16-28(32(2,30)31)23-13-12-21(25)14-22(23)26/h3-14,17H,15-16H2,1-2H3,(H,27,29)/t17-/m1/s1. The normalized spacial score (nSPS) is 12.2. The number of amides is 1. The third-order valence-electron chi connectivity index (χ3n) is 5.06. The van der Waals surface area contributed by atoms with E-state index >= 15 is 0 Å². The molecule has 0 heterocycles. The second kappa shape index (κ2) is 9.91. The maximum atomic E-state index is 14.2. The predicted octanol–water partition coefficient (Wildman–Crippen LogP) is 4.46. The van der Waals surface area contributed by atoms with Crippen molar-refractivity contribution in [2.45, 2.75) is 19.4 Å². The minimum Gasteiger partial charge on any atom is -0.351 e. The van der Waals surface area contributed by atoms with Crippen molar-refractivity contribution >= 4 is 21.6 Å². The topological polar surface area (TPSA) is 66.5 Å². The summed E-state index contributed by atoms with van der Waals surface area (Å²) in [6, 6.07) is 18.9. The van der Waals surface area contributed by atoms with Crippen LogP contribution >= 0.6 is 0 Å². The second-order valence-corrected chi connectivity index (χ2v) is 9.49. The molecule has 3 rings (SSSR count). The average Bonchev–Trinajstić information content (AvgIpc) is 2.76. The van der Waals surface area contributed by atoms with Gasteiger partial charge in [-0.05, 0) is 41.3 Å². The smallest absolute Gasteiger partial charge is 0.251 e. The number of halogens is 2. The van der Waals surface area contributed by atoms with Crippen LogP contribution in [0, 0.1) is 11.6 Å². The van der Waals surface area contributed by atoms with Gasteiger partial charge in [0, 0.05) is 18.2 Å². The quantitative estimate of drug-likeness (QED) is 0.542. The van der Waals surface area contributed by atoms with E-state index in [0.717, 1.165) is 28.3 Å². The molecule has 0 aromatic heterocycles. The molecule has 1 N–H and O–H groups in total. The Hall–Kier alpha value is -3.26. The number of rotatable bonds is 8. The molecule has 0 aliphatic rings. The number of anilines is 1. The van der Waals surface area contributed by atoms with Gasteiger partial charge in [0.05, 0.1) is 18.5 Å². The van der Waals surface area contributed by atoms with Gasteiger partial charge in [0.25, 0.3) is 5.91 Å². The van der Waals surface area contributed by atoms with Gasteiger partial charge in [-0.25, -0.2) is 17.2 Å². The predicted molar refractivity (Wildman–Crippen MR) is 121 cm³/mol. The Kier molecular flexibility index (Phi) is 7.25. The summed E-state index contributed by atoms with van der Waals surface area (Å²) in [5, 5.41) is 2.89. The Morgan fingerprint density at radius 1 is 1.00 bits per heavy atom. The monoisotopic (exact) mass is 458 g/mol. The SMILES string of the molecule is C[C@H](CNC(=O)c1ccc(CN(c2ccc(F)cc2F)S(C)(=O)=O)cc1)c1ccccc1. The minimum atomic E-state index is -3.83. The molecule has 3 aromatic carbocycles. The van der Waals surface area contributed by atoms with E-state index in [-0.39, 0.29) is 24.1 Å². The molecule has 1 atom stereocenters. The number of sulfonamides is 1. The summed E-state index contributed by atoms with van der Waals surface area (Å²) in [5.74, 6) is -1.87. The zero-order chi connectivity index (χ0) is 23.3. The molecule has 0 radical (unpaired) electrons. The Labute approximate surface area is 186 Å². The van der Waals surface area contributed by atoms with E-state index in [1.807, 2.05) is 37.3 Å². The molecule has 0 saturated heterocycles. The first-order chi connectivity index (χ1) is 15.1. The Bertz CT molecular complexity index is 1180. The van der Waals surface area contributed by atoms with Gasteiger partial charge < -0.3 is 5.32 Å². The molecule has 32 heavy (non-hydrogen) atoms. The lowest BCUT2D eigenvalue weighted by atomic mass is 10.0. The summed E-state index contributed by atoms with van der Waals surface area (Å²) in [6.07, 6.45) is 0.950. The third kappa shape index (κ3) is 5.91. The maximum Gasteiger partial charge on any atom is 0.251 e. The van der Waals surface area contributed by atoms with Gasteiger partial charge >= 0.3 is 0 Å². The molecule has 5 nitrogen and oxygen atoms in total. The van der Waals surface area contributed by atoms with Gasteiger partial charge in [-0.1, -0.05) is 49.4 Å². The molecule has 0 spiro atoms. The number of benzene rings is 3. The van der Waals surface area contributed by atoms with Crippen LogP contribution in [0.1, 0.15) is 34.3 Å². The van der Waals surface area contributed by atoms with Crippen LogP contribution in [0.25, 0.3) is 0 Å². The number of nitrogens with one attached hydrogen (secondary N) is 1. The van der Waals surface area contributed by atoms with Crippen molar-refractivity contribution in [3.05, 3.63) is 101 Å². The fourth-order valence-corrected chi connectivity index (χ4v) is 4.13. The van der Waals surface area contributed by atoms with Gasteiger partial charge in [-0.15, -0.1) is 0 Å². The van der Waals surface area contributed by atoms with Gasteiger partial charge in [-0.3, -0.25) is 9.10 Å². The molecular formula is C24H24F2N2O3S. The molecular weight excluding hydrogens is 434 g/mol. The summed E-state index contributed by atoms with van der Waals surface area (Å²) in [6.45, 7) is 2.33. The van der Waals surface area contributed by atoms with E-state index in [4.69, 9.17) is 0 Å². The van der Waals surface area contributed by atoms with Crippen LogP contribution in [0.5, 0.6) is 0 Å². The van der Waals surface area contributed by atoms with Crippen LogP contribution in [0.15, 0.2) is 72.8 Å². The van der Waals surface area contributed by atoms with E-state index in [1.54, 1.807) is 24.3 Å². The number of hydrogen-bond acceptors (Lipinski definition) is 3. The van der Waals surface area contributed by atoms with Crippen LogP contribution in [0.4, 0.5) is 14.5 Å². The van der Waals surface area contributed by atoms with Crippen molar-refractivity contribution < 1.29 is 22.0 Å². The van der Waals surface area contributed by atoms with Crippen molar-refractivity contribution in [1.82, 2.24) is 5.32 Å². The minimum absolute atomic E-state index is 0.147. The molecule has 1 amide bonds. The van der Waals surface area contributed by atoms with Crippen LogP contribution in [0.3, 0.4) is 0 Å². The highest BCUT2D eigenvalue weighted by molar-refractivity contribution is 7.92. The highest BCUT2D eigenvalue weighted by atomic mass is 32.2. The third-order valence-corrected chi connectivity index (χ3v) is 6.18. The summed E-state index contributed by atoms with van der Waals surface area (Å²) in [7, 11) is -3.83. The van der Waals surface area contributed by atoms with Crippen molar-refractivity contribution in [3.63, 3.8) is 0 Å². The fourth-order valence-electron chi connectivity index (χ4n) is 3.24. The molecule has 0 aliphatic heterocycles. The summed E-state index contributed by atoms with van der Waals surface area (Å²) in [5.41, 5.74) is 1.85. The lowest BCUT2D eigenvalue weighted by Crippen LogP contribution is -2.30. The van der Waals surface area contributed by atoms with Crippen molar-refractivity contribution in [1.29, 1.82) is 0 Å². The molecule has 0 fully saturated rings. The van der Waals surface area contributed by atoms with E-state index < -0.39 is 21.7 Å². The van der Waals surface area contributed by atoms with Gasteiger partial charge in [0.2, 0.25) is 10.0 Å². The molecule has 3 aromatic rings. The number of carbonyl (C=O) groups is 1. The molecule has 8 heteroatoms. The average molecular weight is 459 g/mol. The number of nitrogens with zero attached hydrogens (tertiary/aromatic N) is 1. The van der Waals surface area contributed by atoms with Crippen LogP contribution in [0.2, 0.25) is 0 Å². The van der Waals surface area contributed by atoms with Gasteiger partial charge in [-0.2, -0.15) is 0 Å². The van der Waals surface area contributed by atoms with E-state index in [2.05, 4.69) is 5.32 Å². The van der Waals surface area contributed by atoms with Crippen LogP contribution < -0.4 is 9.62 Å². The highest BCUT2D eigenvalue weighted by Gasteiger charge is 2.22. The number of carbonyl (C=O) groups excluding carboxylic acids is 1. The molecule has 0 aliphatic carbocycles. The van der Waals surface area contributed by atoms with Gasteiger partial charge in [0.1, 0.15) is 11.6 Å². The highest BCUT2D eigenvalue weighted by Crippen LogP contribution is 2.25. The second-order valence-electron chi connectivity index (χ2n) is 7.58. The maximum absolute atomic E-state index is 14.2. The summed E-state index contributed by atoms with van der Waals surface area (Å²) in [4.78, 5) is 12.5. The summed E-state index contributed by atoms with van der Waals surface area (Å²) < 4.78 is 52.7. The van der Waals surface area contributed by atoms with Crippen LogP contribution in [-0.4, -0.2) is 27.1 Å². The van der Waals surface area contributed by atoms with Crippen LogP contribution in [-0.2, 0) is 16.6 Å². The Balaban J connectivity index is 1.69. The van der Waals surface area contributed by atoms with E-state index in [0.29, 0.717) is 23.7 Å². The lowest BCUT2D eigenvalue weighted by Gasteiger charge is -2.23. The molecule has 168 valence electrons. The van der Waals surface area contributed by atoms with E-state index in [1.165, 1.54) is 0 Å². The molecule has 0 unspecified atom stereocenters. The van der Waals surface area contributed by atoms with Crippen molar-refractivity contribution in [2.24, 2.45) is 0 Å². The number of hydrogen-bond donors (Lipinski definition) is 1. The Morgan fingerprint density at radius 3 is 2.25 bits per heavy atom. The molecule has 0 bridgehead atoms. The van der Waals surface area contributed by atoms with E-state index in [9.17, 15) is 22.0 Å². The zero-order valence-corrected chi connectivity index (χ0v) is 18.6. The summed E-state index contributed by atoms with van der Waals surface area (Å²) >= 11 is 0. The first-order valence-electron chi connectivity index (χ1n) is 10.00. The first kappa shape index (κ1) is 23.4. The van der Waals surface area contributed by atoms with Crippen molar-refractivity contribution in [2.75, 3.05) is 17.1 Å².